The van der Waals surface area contributed by atoms with Crippen LogP contribution in [0.2, 0.25) is 0 Å². The van der Waals surface area contributed by atoms with E-state index < -0.39 is 0 Å². The summed E-state index contributed by atoms with van der Waals surface area (Å²) in [6.07, 6.45) is 13.7. The van der Waals surface area contributed by atoms with Crippen molar-refractivity contribution in [3.05, 3.63) is 150 Å². The molecule has 0 saturated carbocycles. The number of nitrogens with one attached hydrogen (secondary N) is 1. The van der Waals surface area contributed by atoms with Gasteiger partial charge in [0.2, 0.25) is 0 Å². The molecule has 4 aromatic rings. The minimum Gasteiger partial charge on any atom is -0.379 e. The first-order valence-corrected chi connectivity index (χ1v) is 17.1. The van der Waals surface area contributed by atoms with Crippen molar-refractivity contribution in [2.24, 2.45) is 23.2 Å². The fourth-order valence-electron chi connectivity index (χ4n) is 7.18. The molecule has 0 fully saturated rings. The van der Waals surface area contributed by atoms with Crippen LogP contribution in [0.15, 0.2) is 144 Å². The Morgan fingerprint density at radius 3 is 2.07 bits per heavy atom. The fraction of sp³-hybridized carbons (Fsp3) is 0.326. The van der Waals surface area contributed by atoms with Crippen molar-refractivity contribution in [1.82, 2.24) is 15.1 Å². The Hall–Kier alpha value is -4.37. The van der Waals surface area contributed by atoms with Crippen LogP contribution in [0.3, 0.4) is 0 Å². The minimum atomic E-state index is -0.0997. The van der Waals surface area contributed by atoms with Gasteiger partial charge in [-0.1, -0.05) is 163 Å². The summed E-state index contributed by atoms with van der Waals surface area (Å²) < 4.78 is 2.32. The first kappa shape index (κ1) is 31.6. The van der Waals surface area contributed by atoms with Gasteiger partial charge in [-0.2, -0.15) is 5.10 Å². The van der Waals surface area contributed by atoms with Gasteiger partial charge in [-0.3, -0.25) is 4.68 Å². The molecule has 3 aromatic carbocycles. The van der Waals surface area contributed by atoms with Crippen molar-refractivity contribution in [1.29, 1.82) is 0 Å². The van der Waals surface area contributed by atoms with E-state index in [9.17, 15) is 0 Å². The number of benzene rings is 3. The second-order valence-corrected chi connectivity index (χ2v) is 14.0. The summed E-state index contributed by atoms with van der Waals surface area (Å²) in [7, 11) is 0. The predicted octanol–water partition coefficient (Wildman–Crippen LogP) is 10.8. The lowest BCUT2D eigenvalue weighted by molar-refractivity contribution is 0.241. The molecule has 0 saturated heterocycles. The molecule has 236 valence electrons. The van der Waals surface area contributed by atoms with E-state index in [1.807, 2.05) is 0 Å². The molecule has 1 heterocycles. The van der Waals surface area contributed by atoms with Crippen LogP contribution in [-0.4, -0.2) is 15.8 Å². The number of hydrogen-bond donors (Lipinski definition) is 1. The van der Waals surface area contributed by atoms with E-state index in [1.165, 1.54) is 22.4 Å². The molecular formula is C43H49N3. The van der Waals surface area contributed by atoms with Gasteiger partial charge in [0.05, 0.1) is 17.4 Å². The molecule has 3 heteroatoms. The number of hydrogen-bond acceptors (Lipinski definition) is 2. The lowest BCUT2D eigenvalue weighted by Gasteiger charge is -2.45. The topological polar surface area (TPSA) is 29.9 Å². The van der Waals surface area contributed by atoms with Gasteiger partial charge >= 0.3 is 0 Å². The highest BCUT2D eigenvalue weighted by Gasteiger charge is 2.41. The Bertz CT molecular complexity index is 1740. The van der Waals surface area contributed by atoms with E-state index in [4.69, 9.17) is 5.10 Å². The Morgan fingerprint density at radius 2 is 1.46 bits per heavy atom. The fourth-order valence-corrected chi connectivity index (χ4v) is 7.18. The molecule has 1 N–H and O–H groups in total. The largest absolute Gasteiger partial charge is 0.379 e. The Morgan fingerprint density at radius 1 is 0.826 bits per heavy atom. The van der Waals surface area contributed by atoms with Gasteiger partial charge in [0.1, 0.15) is 6.04 Å². The lowest BCUT2D eigenvalue weighted by atomic mass is 9.68. The van der Waals surface area contributed by atoms with Gasteiger partial charge < -0.3 is 5.32 Å². The lowest BCUT2D eigenvalue weighted by Crippen LogP contribution is -2.47. The summed E-state index contributed by atoms with van der Waals surface area (Å²) >= 11 is 0. The maximum atomic E-state index is 5.49. The normalized spacial score (nSPS) is 21.0. The maximum absolute atomic E-state index is 5.49. The van der Waals surface area contributed by atoms with E-state index in [0.29, 0.717) is 17.8 Å². The van der Waals surface area contributed by atoms with Crippen LogP contribution in [-0.2, 0) is 0 Å². The van der Waals surface area contributed by atoms with Crippen molar-refractivity contribution in [3.8, 4) is 22.5 Å². The molecule has 0 radical (unpaired) electrons. The molecule has 2 aliphatic carbocycles. The van der Waals surface area contributed by atoms with Crippen LogP contribution in [0.4, 0.5) is 0 Å². The van der Waals surface area contributed by atoms with Crippen molar-refractivity contribution in [3.63, 3.8) is 0 Å². The highest BCUT2D eigenvalue weighted by Crippen LogP contribution is 2.46. The van der Waals surface area contributed by atoms with Crippen LogP contribution < -0.4 is 5.32 Å². The number of aromatic nitrogens is 2. The van der Waals surface area contributed by atoms with Crippen LogP contribution in [0.5, 0.6) is 0 Å². The SMILES string of the molecule is CC(C)C1=C(N[C@@H](C2=CC=CCC2C)[C@@H](c2ccccc2)n2nc(-c3ccccc3)cc2-c2ccccc2)C(C)(C(C)C)CC=C1. The zero-order valence-electron chi connectivity index (χ0n) is 28.3. The number of rotatable bonds is 10. The summed E-state index contributed by atoms with van der Waals surface area (Å²) in [5, 5.41) is 9.84. The molecule has 0 spiro atoms. The molecule has 1 aromatic heterocycles. The van der Waals surface area contributed by atoms with Crippen LogP contribution in [0, 0.1) is 23.2 Å². The summed E-state index contributed by atoms with van der Waals surface area (Å²) in [5.74, 6) is 1.27. The second-order valence-electron chi connectivity index (χ2n) is 14.0. The van der Waals surface area contributed by atoms with Crippen LogP contribution >= 0.6 is 0 Å². The quantitative estimate of drug-likeness (QED) is 0.194. The highest BCUT2D eigenvalue weighted by atomic mass is 15.3. The number of allylic oxidation sites excluding steroid dienone is 7. The maximum Gasteiger partial charge on any atom is 0.102 e. The van der Waals surface area contributed by atoms with Gasteiger partial charge in [0.25, 0.3) is 0 Å². The second kappa shape index (κ2) is 13.5. The standard InChI is InChI=1S/C43H49N3/c1-30(2)36-27-18-28-43(6,31(3)4)42(36)44-40(37-26-17-16-19-32(37)5)41(35-24-14-9-15-25-35)46-39(34-22-12-8-13-23-34)29-38(45-46)33-20-10-7-11-21-33/h7-18,20-27,29-32,40-41,44H,19,28H2,1-6H3/t32?,40-,41+,43?/m0/s1. The van der Waals surface area contributed by atoms with Crippen molar-refractivity contribution >= 4 is 0 Å². The molecule has 3 nitrogen and oxygen atoms in total. The molecule has 46 heavy (non-hydrogen) atoms. The van der Waals surface area contributed by atoms with Gasteiger partial charge in [-0.15, -0.1) is 0 Å². The average Bonchev–Trinajstić information content (AvgIpc) is 3.51. The molecule has 0 bridgehead atoms. The van der Waals surface area contributed by atoms with E-state index in [2.05, 4.69) is 179 Å². The number of nitrogens with zero attached hydrogens (tertiary/aromatic N) is 2. The molecule has 2 unspecified atom stereocenters. The average molecular weight is 608 g/mol. The van der Waals surface area contributed by atoms with Gasteiger partial charge in [0.15, 0.2) is 0 Å². The van der Waals surface area contributed by atoms with Crippen LogP contribution in [0.1, 0.15) is 66.0 Å². The predicted molar refractivity (Wildman–Crippen MR) is 194 cm³/mol. The molecule has 0 aliphatic heterocycles. The van der Waals surface area contributed by atoms with Crippen molar-refractivity contribution in [2.75, 3.05) is 0 Å². The first-order valence-electron chi connectivity index (χ1n) is 17.1. The van der Waals surface area contributed by atoms with Gasteiger partial charge in [0, 0.05) is 16.7 Å². The zero-order valence-corrected chi connectivity index (χ0v) is 28.3. The summed E-state index contributed by atoms with van der Waals surface area (Å²) in [6, 6.07) is 34.5. The third-order valence-electron chi connectivity index (χ3n) is 10.3. The monoisotopic (exact) mass is 607 g/mol. The van der Waals surface area contributed by atoms with Gasteiger partial charge in [-0.05, 0) is 58.9 Å². The molecule has 2 aliphatic rings. The van der Waals surface area contributed by atoms with Gasteiger partial charge in [-0.25, -0.2) is 0 Å². The van der Waals surface area contributed by atoms with Crippen LogP contribution in [0.25, 0.3) is 22.5 Å². The van der Waals surface area contributed by atoms with E-state index in [-0.39, 0.29) is 17.5 Å². The molecule has 4 atom stereocenters. The van der Waals surface area contributed by atoms with E-state index in [0.717, 1.165) is 35.4 Å². The van der Waals surface area contributed by atoms with E-state index in [1.54, 1.807) is 0 Å². The van der Waals surface area contributed by atoms with E-state index >= 15 is 0 Å². The third-order valence-corrected chi connectivity index (χ3v) is 10.3. The minimum absolute atomic E-state index is 0.0102. The van der Waals surface area contributed by atoms with Crippen molar-refractivity contribution in [2.45, 2.75) is 66.5 Å². The summed E-state index contributed by atoms with van der Waals surface area (Å²) in [4.78, 5) is 0. The summed E-state index contributed by atoms with van der Waals surface area (Å²) in [6.45, 7) is 14.2. The Balaban J connectivity index is 1.63. The Labute approximate surface area is 276 Å². The molecular weight excluding hydrogens is 558 g/mol. The molecule has 0 amide bonds. The smallest absolute Gasteiger partial charge is 0.102 e. The highest BCUT2D eigenvalue weighted by molar-refractivity contribution is 5.69. The molecule has 6 rings (SSSR count). The zero-order chi connectivity index (χ0) is 32.3. The third kappa shape index (κ3) is 6.20. The summed E-state index contributed by atoms with van der Waals surface area (Å²) in [5.41, 5.74) is 9.83. The first-order chi connectivity index (χ1) is 22.3. The van der Waals surface area contributed by atoms with Crippen molar-refractivity contribution < 1.29 is 0 Å². The Kier molecular flexibility index (Phi) is 9.31.